The van der Waals surface area contributed by atoms with Crippen LogP contribution in [0.3, 0.4) is 0 Å². The molecular formula is C13H16BrFN2O3S. The van der Waals surface area contributed by atoms with Gasteiger partial charge in [0, 0.05) is 26.1 Å². The molecule has 8 heteroatoms. The first-order chi connectivity index (χ1) is 9.80. The molecule has 0 radical (unpaired) electrons. The van der Waals surface area contributed by atoms with Crippen LogP contribution in [-0.4, -0.2) is 37.8 Å². The van der Waals surface area contributed by atoms with Crippen LogP contribution in [0.5, 0.6) is 0 Å². The first kappa shape index (κ1) is 16.4. The minimum atomic E-state index is -3.69. The second-order valence-corrected chi connectivity index (χ2v) is 7.75. The van der Waals surface area contributed by atoms with Gasteiger partial charge >= 0.3 is 0 Å². The second kappa shape index (κ2) is 6.41. The van der Waals surface area contributed by atoms with Crippen LogP contribution < -0.4 is 5.32 Å². The average Bonchev–Trinajstić information content (AvgIpc) is 2.41. The fourth-order valence-corrected chi connectivity index (χ4v) is 4.04. The maximum absolute atomic E-state index is 13.5. The molecule has 0 bridgehead atoms. The third-order valence-corrected chi connectivity index (χ3v) is 5.93. The molecule has 116 valence electrons. The number of piperidine rings is 1. The lowest BCUT2D eigenvalue weighted by Crippen LogP contribution is -2.46. The van der Waals surface area contributed by atoms with Crippen molar-refractivity contribution in [2.24, 2.45) is 0 Å². The quantitative estimate of drug-likeness (QED) is 0.872. The van der Waals surface area contributed by atoms with E-state index >= 15 is 0 Å². The number of benzene rings is 1. The molecule has 0 saturated carbocycles. The maximum Gasteiger partial charge on any atom is 0.243 e. The van der Waals surface area contributed by atoms with Crippen molar-refractivity contribution in [2.45, 2.75) is 30.7 Å². The summed E-state index contributed by atoms with van der Waals surface area (Å²) in [4.78, 5) is 10.9. The second-order valence-electron chi connectivity index (χ2n) is 4.95. The summed E-state index contributed by atoms with van der Waals surface area (Å²) in [5, 5.41) is 2.78. The van der Waals surface area contributed by atoms with E-state index in [0.717, 1.165) is 6.07 Å². The van der Waals surface area contributed by atoms with Gasteiger partial charge < -0.3 is 5.32 Å². The van der Waals surface area contributed by atoms with E-state index < -0.39 is 15.8 Å². The first-order valence-electron chi connectivity index (χ1n) is 6.53. The molecular weight excluding hydrogens is 363 g/mol. The molecule has 0 aromatic heterocycles. The molecule has 2 rings (SSSR count). The zero-order chi connectivity index (χ0) is 15.6. The molecule has 1 N–H and O–H groups in total. The van der Waals surface area contributed by atoms with E-state index in [1.807, 2.05) is 0 Å². The van der Waals surface area contributed by atoms with Gasteiger partial charge in [-0.15, -0.1) is 0 Å². The number of rotatable bonds is 3. The lowest BCUT2D eigenvalue weighted by atomic mass is 10.1. The lowest BCUT2D eigenvalue weighted by Gasteiger charge is -2.31. The fourth-order valence-electron chi connectivity index (χ4n) is 2.31. The highest BCUT2D eigenvalue weighted by Crippen LogP contribution is 2.24. The van der Waals surface area contributed by atoms with E-state index in [2.05, 4.69) is 21.2 Å². The molecule has 0 aliphatic carbocycles. The van der Waals surface area contributed by atoms with Crippen LogP contribution in [0.2, 0.25) is 0 Å². The number of nitrogens with one attached hydrogen (secondary N) is 1. The molecule has 1 aromatic carbocycles. The Kier molecular flexibility index (Phi) is 5.00. The number of carbonyl (C=O) groups excluding carboxylic acids is 1. The summed E-state index contributed by atoms with van der Waals surface area (Å²) in [5.74, 6) is -0.726. The van der Waals surface area contributed by atoms with Gasteiger partial charge in [0.05, 0.1) is 9.37 Å². The van der Waals surface area contributed by atoms with Gasteiger partial charge in [-0.05, 0) is 47.0 Å². The van der Waals surface area contributed by atoms with Gasteiger partial charge in [0.2, 0.25) is 15.9 Å². The van der Waals surface area contributed by atoms with E-state index in [0.29, 0.717) is 25.9 Å². The van der Waals surface area contributed by atoms with Crippen molar-refractivity contribution in [2.75, 3.05) is 13.1 Å². The van der Waals surface area contributed by atoms with Gasteiger partial charge in [0.15, 0.2) is 0 Å². The highest BCUT2D eigenvalue weighted by atomic mass is 79.9. The highest BCUT2D eigenvalue weighted by Gasteiger charge is 2.30. The Labute approximate surface area is 131 Å². The number of sulfonamides is 1. The van der Waals surface area contributed by atoms with Gasteiger partial charge in [-0.3, -0.25) is 4.79 Å². The van der Waals surface area contributed by atoms with Crippen LogP contribution in [-0.2, 0) is 14.8 Å². The van der Waals surface area contributed by atoms with E-state index in [4.69, 9.17) is 0 Å². The molecule has 5 nitrogen and oxygen atoms in total. The molecule has 1 amide bonds. The number of carbonyl (C=O) groups is 1. The molecule has 1 aromatic rings. The fraction of sp³-hybridized carbons (Fsp3) is 0.462. The van der Waals surface area contributed by atoms with Crippen molar-refractivity contribution >= 4 is 31.9 Å². The lowest BCUT2D eigenvalue weighted by molar-refractivity contribution is -0.119. The standard InChI is InChI=1S/C13H16BrFN2O3S/c1-9(18)16-10-4-6-17(7-5-10)21(19,20)11-2-3-12(14)13(15)8-11/h2-3,8,10H,4-7H2,1H3,(H,16,18). The Morgan fingerprint density at radius 1 is 1.38 bits per heavy atom. The van der Waals surface area contributed by atoms with Crippen LogP contribution >= 0.6 is 15.9 Å². The summed E-state index contributed by atoms with van der Waals surface area (Å²) in [6.07, 6.45) is 1.11. The Bertz CT molecular complexity index is 643. The van der Waals surface area contributed by atoms with E-state index in [9.17, 15) is 17.6 Å². The summed E-state index contributed by atoms with van der Waals surface area (Å²) >= 11 is 3.00. The predicted octanol–water partition coefficient (Wildman–Crippen LogP) is 1.88. The molecule has 1 saturated heterocycles. The van der Waals surface area contributed by atoms with Crippen molar-refractivity contribution in [3.8, 4) is 0 Å². The number of nitrogens with zero attached hydrogens (tertiary/aromatic N) is 1. The van der Waals surface area contributed by atoms with Crippen molar-refractivity contribution in [1.29, 1.82) is 0 Å². The van der Waals surface area contributed by atoms with Gasteiger partial charge in [-0.1, -0.05) is 0 Å². The van der Waals surface area contributed by atoms with Gasteiger partial charge in [-0.25, -0.2) is 12.8 Å². The van der Waals surface area contributed by atoms with Crippen LogP contribution in [0.1, 0.15) is 19.8 Å². The van der Waals surface area contributed by atoms with Crippen molar-refractivity contribution < 1.29 is 17.6 Å². The van der Waals surface area contributed by atoms with Crippen molar-refractivity contribution in [3.63, 3.8) is 0 Å². The molecule has 0 spiro atoms. The van der Waals surface area contributed by atoms with Crippen LogP contribution in [0.15, 0.2) is 27.6 Å². The van der Waals surface area contributed by atoms with Crippen molar-refractivity contribution in [3.05, 3.63) is 28.5 Å². The summed E-state index contributed by atoms with van der Waals surface area (Å²) in [6.45, 7) is 2.06. The molecule has 0 unspecified atom stereocenters. The summed E-state index contributed by atoms with van der Waals surface area (Å²) in [5.41, 5.74) is 0. The third-order valence-electron chi connectivity index (χ3n) is 3.39. The Hall–Kier alpha value is -0.990. The minimum Gasteiger partial charge on any atom is -0.354 e. The first-order valence-corrected chi connectivity index (χ1v) is 8.76. The van der Waals surface area contributed by atoms with E-state index in [1.54, 1.807) is 0 Å². The normalized spacial score (nSPS) is 17.7. The molecule has 1 aliphatic heterocycles. The molecule has 1 aliphatic rings. The van der Waals surface area contributed by atoms with Gasteiger partial charge in [-0.2, -0.15) is 4.31 Å². The zero-order valence-corrected chi connectivity index (χ0v) is 13.9. The predicted molar refractivity (Wildman–Crippen MR) is 79.7 cm³/mol. The summed E-state index contributed by atoms with van der Waals surface area (Å²) in [7, 11) is -3.69. The number of hydrogen-bond donors (Lipinski definition) is 1. The van der Waals surface area contributed by atoms with Gasteiger partial charge in [0.25, 0.3) is 0 Å². The van der Waals surface area contributed by atoms with Crippen LogP contribution in [0.4, 0.5) is 4.39 Å². The molecule has 1 heterocycles. The third kappa shape index (κ3) is 3.81. The number of halogens is 2. The topological polar surface area (TPSA) is 66.5 Å². The summed E-state index contributed by atoms with van der Waals surface area (Å²) in [6, 6.07) is 3.77. The molecule has 0 atom stereocenters. The zero-order valence-electron chi connectivity index (χ0n) is 11.5. The smallest absolute Gasteiger partial charge is 0.243 e. The molecule has 21 heavy (non-hydrogen) atoms. The Morgan fingerprint density at radius 3 is 2.52 bits per heavy atom. The monoisotopic (exact) mass is 378 g/mol. The number of amides is 1. The average molecular weight is 379 g/mol. The maximum atomic E-state index is 13.5. The van der Waals surface area contributed by atoms with Crippen molar-refractivity contribution in [1.82, 2.24) is 9.62 Å². The van der Waals surface area contributed by atoms with E-state index in [-0.39, 0.29) is 21.3 Å². The largest absolute Gasteiger partial charge is 0.354 e. The summed E-state index contributed by atoms with van der Waals surface area (Å²) < 4.78 is 39.9. The number of hydrogen-bond acceptors (Lipinski definition) is 3. The highest BCUT2D eigenvalue weighted by molar-refractivity contribution is 9.10. The molecule has 1 fully saturated rings. The van der Waals surface area contributed by atoms with Gasteiger partial charge in [0.1, 0.15) is 5.82 Å². The SMILES string of the molecule is CC(=O)NC1CCN(S(=O)(=O)c2ccc(Br)c(F)c2)CC1. The Balaban J connectivity index is 2.11. The van der Waals surface area contributed by atoms with Crippen LogP contribution in [0.25, 0.3) is 0 Å². The minimum absolute atomic E-state index is 0.00407. The van der Waals surface area contributed by atoms with E-state index in [1.165, 1.54) is 23.4 Å². The van der Waals surface area contributed by atoms with Crippen LogP contribution in [0, 0.1) is 5.82 Å². The Morgan fingerprint density at radius 2 is 2.00 bits per heavy atom.